The van der Waals surface area contributed by atoms with Crippen LogP contribution in [0.2, 0.25) is 0 Å². The summed E-state index contributed by atoms with van der Waals surface area (Å²) in [6.07, 6.45) is 3.52. The average molecular weight is 275 g/mol. The van der Waals surface area contributed by atoms with Crippen LogP contribution in [-0.2, 0) is 9.59 Å². The fourth-order valence-electron chi connectivity index (χ4n) is 2.32. The van der Waals surface area contributed by atoms with Crippen LogP contribution in [0.5, 0.6) is 0 Å². The summed E-state index contributed by atoms with van der Waals surface area (Å²) in [5.74, 6) is 0.00609. The molecule has 1 heterocycles. The summed E-state index contributed by atoms with van der Waals surface area (Å²) in [5.41, 5.74) is 7.08. The van der Waals surface area contributed by atoms with Crippen molar-refractivity contribution in [2.45, 2.75) is 25.7 Å². The van der Waals surface area contributed by atoms with E-state index in [2.05, 4.69) is 0 Å². The van der Waals surface area contributed by atoms with Crippen LogP contribution in [0.1, 0.15) is 25.7 Å². The summed E-state index contributed by atoms with van der Waals surface area (Å²) in [7, 11) is 1.72. The van der Waals surface area contributed by atoms with Crippen molar-refractivity contribution in [3.63, 3.8) is 0 Å². The van der Waals surface area contributed by atoms with E-state index >= 15 is 0 Å². The molecule has 1 aliphatic rings. The number of hydrogen-bond donors (Lipinski definition) is 1. The van der Waals surface area contributed by atoms with Gasteiger partial charge >= 0.3 is 0 Å². The minimum atomic E-state index is -0.0787. The van der Waals surface area contributed by atoms with Gasteiger partial charge in [0, 0.05) is 31.4 Å². The highest BCUT2D eigenvalue weighted by Crippen LogP contribution is 2.16. The van der Waals surface area contributed by atoms with Crippen molar-refractivity contribution in [3.8, 4) is 0 Å². The first-order valence-corrected chi connectivity index (χ1v) is 6.98. The third kappa shape index (κ3) is 3.50. The Labute approximate surface area is 119 Å². The summed E-state index contributed by atoms with van der Waals surface area (Å²) in [6, 6.07) is 7.13. The van der Waals surface area contributed by atoms with Crippen LogP contribution in [0.25, 0.3) is 0 Å². The van der Waals surface area contributed by atoms with Crippen LogP contribution >= 0.6 is 0 Å². The van der Waals surface area contributed by atoms with Gasteiger partial charge in [0.25, 0.3) is 0 Å². The second kappa shape index (κ2) is 6.41. The molecule has 1 aliphatic heterocycles. The first kappa shape index (κ1) is 14.4. The lowest BCUT2D eigenvalue weighted by Gasteiger charge is -2.24. The van der Waals surface area contributed by atoms with Crippen LogP contribution in [0.15, 0.2) is 24.3 Å². The van der Waals surface area contributed by atoms with Gasteiger partial charge < -0.3 is 15.5 Å². The Kier molecular flexibility index (Phi) is 4.61. The highest BCUT2D eigenvalue weighted by Gasteiger charge is 2.21. The minimum Gasteiger partial charge on any atom is -0.399 e. The molecule has 5 heteroatoms. The molecule has 0 aromatic heterocycles. The van der Waals surface area contributed by atoms with E-state index in [0.29, 0.717) is 18.7 Å². The molecule has 1 fully saturated rings. The molecule has 2 rings (SSSR count). The van der Waals surface area contributed by atoms with E-state index in [4.69, 9.17) is 5.73 Å². The van der Waals surface area contributed by atoms with Gasteiger partial charge in [-0.15, -0.1) is 0 Å². The predicted molar refractivity (Wildman–Crippen MR) is 79.3 cm³/mol. The lowest BCUT2D eigenvalue weighted by Crippen LogP contribution is -2.41. The third-order valence-electron chi connectivity index (χ3n) is 3.65. The summed E-state index contributed by atoms with van der Waals surface area (Å²) in [4.78, 5) is 27.4. The Hall–Kier alpha value is -2.04. The number of amides is 2. The van der Waals surface area contributed by atoms with Crippen molar-refractivity contribution in [2.75, 3.05) is 30.8 Å². The van der Waals surface area contributed by atoms with Gasteiger partial charge in [0.2, 0.25) is 11.8 Å². The molecule has 20 heavy (non-hydrogen) atoms. The number of anilines is 2. The maximum atomic E-state index is 12.3. The van der Waals surface area contributed by atoms with Crippen molar-refractivity contribution >= 4 is 23.2 Å². The van der Waals surface area contributed by atoms with Crippen LogP contribution in [0.3, 0.4) is 0 Å². The maximum absolute atomic E-state index is 12.3. The molecular formula is C15H21N3O2. The van der Waals surface area contributed by atoms with Gasteiger partial charge in [-0.25, -0.2) is 0 Å². The maximum Gasteiger partial charge on any atom is 0.246 e. The number of nitrogen functional groups attached to an aromatic ring is 1. The Morgan fingerprint density at radius 1 is 1.25 bits per heavy atom. The van der Waals surface area contributed by atoms with Gasteiger partial charge in [-0.1, -0.05) is 6.42 Å². The van der Waals surface area contributed by atoms with Gasteiger partial charge in [0.1, 0.15) is 6.54 Å². The van der Waals surface area contributed by atoms with E-state index < -0.39 is 0 Å². The van der Waals surface area contributed by atoms with Gasteiger partial charge in [0.05, 0.1) is 0 Å². The second-order valence-electron chi connectivity index (χ2n) is 5.17. The molecule has 1 aromatic carbocycles. The van der Waals surface area contributed by atoms with Crippen LogP contribution in [-0.4, -0.2) is 36.9 Å². The molecule has 108 valence electrons. The number of nitrogens with two attached hydrogens (primary N) is 1. The molecule has 2 amide bonds. The highest BCUT2D eigenvalue weighted by atomic mass is 16.2. The molecular weight excluding hydrogens is 254 g/mol. The number of benzene rings is 1. The molecule has 0 radical (unpaired) electrons. The molecule has 5 nitrogen and oxygen atoms in total. The standard InChI is InChI=1S/C15H21N3O2/c1-17(13-8-6-12(16)7-9-13)15(20)11-18-10-4-2-3-5-14(18)19/h6-9H,2-5,10-11,16H2,1H3. The zero-order valence-corrected chi connectivity index (χ0v) is 11.8. The molecule has 0 aliphatic carbocycles. The summed E-state index contributed by atoms with van der Waals surface area (Å²) >= 11 is 0. The first-order chi connectivity index (χ1) is 9.58. The summed E-state index contributed by atoms with van der Waals surface area (Å²) in [5, 5.41) is 0. The number of hydrogen-bond acceptors (Lipinski definition) is 3. The number of carbonyl (C=O) groups is 2. The van der Waals surface area contributed by atoms with Gasteiger partial charge in [-0.05, 0) is 37.1 Å². The SMILES string of the molecule is CN(C(=O)CN1CCCCCC1=O)c1ccc(N)cc1. The molecule has 0 spiro atoms. The van der Waals surface area contributed by atoms with E-state index in [1.165, 1.54) is 0 Å². The van der Waals surface area contributed by atoms with E-state index in [-0.39, 0.29) is 18.4 Å². The van der Waals surface area contributed by atoms with Crippen molar-refractivity contribution in [3.05, 3.63) is 24.3 Å². The van der Waals surface area contributed by atoms with Gasteiger partial charge in [-0.2, -0.15) is 0 Å². The molecule has 0 saturated carbocycles. The smallest absolute Gasteiger partial charge is 0.246 e. The minimum absolute atomic E-state index is 0.0787. The van der Waals surface area contributed by atoms with Gasteiger partial charge in [0.15, 0.2) is 0 Å². The zero-order valence-electron chi connectivity index (χ0n) is 11.8. The average Bonchev–Trinajstić information content (AvgIpc) is 2.64. The number of likely N-dealkylation sites (N-methyl/N-ethyl adjacent to an activating group) is 1. The number of carbonyl (C=O) groups excluding carboxylic acids is 2. The Morgan fingerprint density at radius 3 is 2.65 bits per heavy atom. The monoisotopic (exact) mass is 275 g/mol. The normalized spacial score (nSPS) is 15.8. The Balaban J connectivity index is 1.99. The first-order valence-electron chi connectivity index (χ1n) is 6.98. The topological polar surface area (TPSA) is 66.6 Å². The van der Waals surface area contributed by atoms with Crippen molar-refractivity contribution in [2.24, 2.45) is 0 Å². The Bertz CT molecular complexity index is 484. The molecule has 1 aromatic rings. The molecule has 0 atom stereocenters. The van der Waals surface area contributed by atoms with Crippen molar-refractivity contribution in [1.82, 2.24) is 4.90 Å². The lowest BCUT2D eigenvalue weighted by atomic mass is 10.2. The van der Waals surface area contributed by atoms with Crippen LogP contribution < -0.4 is 10.6 Å². The number of rotatable bonds is 3. The molecule has 2 N–H and O–H groups in total. The number of nitrogens with zero attached hydrogens (tertiary/aromatic N) is 2. The third-order valence-corrected chi connectivity index (χ3v) is 3.65. The lowest BCUT2D eigenvalue weighted by molar-refractivity contribution is -0.134. The Morgan fingerprint density at radius 2 is 1.95 bits per heavy atom. The molecule has 0 unspecified atom stereocenters. The fraction of sp³-hybridized carbons (Fsp3) is 0.467. The summed E-state index contributed by atoms with van der Waals surface area (Å²) in [6.45, 7) is 0.833. The molecule has 0 bridgehead atoms. The fourth-order valence-corrected chi connectivity index (χ4v) is 2.32. The van der Waals surface area contributed by atoms with Crippen molar-refractivity contribution < 1.29 is 9.59 Å². The summed E-state index contributed by atoms with van der Waals surface area (Å²) < 4.78 is 0. The van der Waals surface area contributed by atoms with Gasteiger partial charge in [-0.3, -0.25) is 9.59 Å². The van der Waals surface area contributed by atoms with E-state index in [1.807, 2.05) is 0 Å². The zero-order chi connectivity index (χ0) is 14.5. The van der Waals surface area contributed by atoms with Crippen LogP contribution in [0.4, 0.5) is 11.4 Å². The van der Waals surface area contributed by atoms with E-state index in [0.717, 1.165) is 24.9 Å². The second-order valence-corrected chi connectivity index (χ2v) is 5.17. The van der Waals surface area contributed by atoms with Crippen LogP contribution in [0, 0.1) is 0 Å². The highest BCUT2D eigenvalue weighted by molar-refractivity contribution is 5.96. The number of likely N-dealkylation sites (tertiary alicyclic amines) is 1. The predicted octanol–water partition coefficient (Wildman–Crippen LogP) is 1.63. The van der Waals surface area contributed by atoms with Crippen molar-refractivity contribution in [1.29, 1.82) is 0 Å². The van der Waals surface area contributed by atoms with E-state index in [1.54, 1.807) is 41.1 Å². The molecule has 1 saturated heterocycles. The van der Waals surface area contributed by atoms with E-state index in [9.17, 15) is 9.59 Å². The largest absolute Gasteiger partial charge is 0.399 e. The quantitative estimate of drug-likeness (QED) is 0.853.